The Labute approximate surface area is 185 Å². The van der Waals surface area contributed by atoms with Gasteiger partial charge in [0.05, 0.1) is 18.2 Å². The van der Waals surface area contributed by atoms with Crippen LogP contribution in [0, 0.1) is 0 Å². The SMILES string of the molecule is O=C=NCCCCCC(N=C=O)c1c(C(CCCC(=O)C(=O)N=C=O)N=C=O)nnoc1=O. The molecule has 0 N–H and O–H groups in total. The number of amides is 1. The van der Waals surface area contributed by atoms with Crippen molar-refractivity contribution < 1.29 is 33.3 Å². The summed E-state index contributed by atoms with van der Waals surface area (Å²) in [5.74, 6) is -2.21. The number of unbranched alkanes of at least 4 members (excludes halogenated alkanes) is 2. The van der Waals surface area contributed by atoms with Crippen LogP contribution in [-0.2, 0) is 28.8 Å². The Morgan fingerprint density at radius 2 is 1.58 bits per heavy atom. The number of rotatable bonds is 15. The van der Waals surface area contributed by atoms with Crippen molar-refractivity contribution in [3.8, 4) is 0 Å². The molecule has 0 aliphatic rings. The molecule has 1 aromatic rings. The third-order valence-corrected chi connectivity index (χ3v) is 4.41. The van der Waals surface area contributed by atoms with Crippen LogP contribution in [0.2, 0.25) is 0 Å². The number of carbonyl (C=O) groups is 2. The molecule has 0 spiro atoms. The van der Waals surface area contributed by atoms with Gasteiger partial charge in [0, 0.05) is 11.7 Å². The first-order chi connectivity index (χ1) is 16.0. The molecule has 1 rings (SSSR count). The van der Waals surface area contributed by atoms with E-state index in [-0.39, 0.29) is 43.5 Å². The van der Waals surface area contributed by atoms with Crippen molar-refractivity contribution >= 4 is 36.0 Å². The summed E-state index contributed by atoms with van der Waals surface area (Å²) in [6.07, 6.45) is 6.63. The van der Waals surface area contributed by atoms with Crippen LogP contribution in [0.5, 0.6) is 0 Å². The number of isocyanates is 4. The van der Waals surface area contributed by atoms with Crippen LogP contribution in [0.15, 0.2) is 29.3 Å². The summed E-state index contributed by atoms with van der Waals surface area (Å²) < 4.78 is 4.56. The molecular weight excluding hydrogens is 440 g/mol. The monoisotopic (exact) mass is 458 g/mol. The molecule has 2 unspecified atom stereocenters. The molecule has 0 bridgehead atoms. The minimum Gasteiger partial charge on any atom is -0.295 e. The fraction of sp³-hybridized carbons (Fsp3) is 0.526. The van der Waals surface area contributed by atoms with Gasteiger partial charge in [-0.05, 0) is 25.7 Å². The number of Topliss-reactive ketones (excluding diaryl/α,β-unsaturated/α-hetero) is 1. The van der Waals surface area contributed by atoms with E-state index in [0.29, 0.717) is 19.3 Å². The maximum Gasteiger partial charge on any atom is 0.367 e. The summed E-state index contributed by atoms with van der Waals surface area (Å²) in [4.78, 5) is 90.6. The van der Waals surface area contributed by atoms with Crippen LogP contribution in [0.4, 0.5) is 0 Å². The maximum absolute atomic E-state index is 12.4. The summed E-state index contributed by atoms with van der Waals surface area (Å²) >= 11 is 0. The van der Waals surface area contributed by atoms with Gasteiger partial charge in [0.15, 0.2) is 0 Å². The summed E-state index contributed by atoms with van der Waals surface area (Å²) in [5.41, 5.74) is -1.21. The Morgan fingerprint density at radius 1 is 0.879 bits per heavy atom. The standard InChI is InChI=1S/C19H18N6O8/c26-9-20-8-3-1-2-5-13(21-10-27)16-17(24-25-33-19(16)32)14(22-11-28)6-4-7-15(30)18(31)23-12-29/h13-14H,1-8H2. The molecule has 0 saturated heterocycles. The molecule has 0 saturated carbocycles. The number of aliphatic imine (C=N–C) groups is 4. The Hall–Kier alpha value is -4.33. The minimum atomic E-state index is -1.26. The lowest BCUT2D eigenvalue weighted by molar-refractivity contribution is -0.135. The third-order valence-electron chi connectivity index (χ3n) is 4.41. The Balaban J connectivity index is 3.08. The average molecular weight is 458 g/mol. The molecule has 1 amide bonds. The van der Waals surface area contributed by atoms with Crippen LogP contribution in [0.3, 0.4) is 0 Å². The smallest absolute Gasteiger partial charge is 0.295 e. The second-order valence-electron chi connectivity index (χ2n) is 6.48. The van der Waals surface area contributed by atoms with Crippen molar-refractivity contribution in [1.29, 1.82) is 0 Å². The summed E-state index contributed by atoms with van der Waals surface area (Å²) in [5, 5.41) is 6.95. The Morgan fingerprint density at radius 3 is 2.24 bits per heavy atom. The van der Waals surface area contributed by atoms with E-state index < -0.39 is 29.4 Å². The summed E-state index contributed by atoms with van der Waals surface area (Å²) in [6.45, 7) is 0.283. The summed E-state index contributed by atoms with van der Waals surface area (Å²) in [7, 11) is 0. The molecule has 0 aliphatic carbocycles. The third kappa shape index (κ3) is 9.14. The van der Waals surface area contributed by atoms with E-state index in [9.17, 15) is 33.6 Å². The van der Waals surface area contributed by atoms with Crippen molar-refractivity contribution in [3.63, 3.8) is 0 Å². The molecule has 0 aliphatic heterocycles. The predicted octanol–water partition coefficient (Wildman–Crippen LogP) is 0.682. The van der Waals surface area contributed by atoms with Crippen molar-refractivity contribution in [1.82, 2.24) is 10.4 Å². The number of hydrogen-bond acceptors (Lipinski definition) is 13. The number of aromatic nitrogens is 2. The van der Waals surface area contributed by atoms with E-state index in [0.717, 1.165) is 6.08 Å². The Bertz CT molecular complexity index is 1090. The first-order valence-corrected chi connectivity index (χ1v) is 9.69. The van der Waals surface area contributed by atoms with Crippen LogP contribution < -0.4 is 5.63 Å². The van der Waals surface area contributed by atoms with Crippen molar-refractivity contribution in [3.05, 3.63) is 21.7 Å². The van der Waals surface area contributed by atoms with E-state index in [1.165, 1.54) is 18.2 Å². The second-order valence-corrected chi connectivity index (χ2v) is 6.48. The van der Waals surface area contributed by atoms with Crippen molar-refractivity contribution in [2.45, 2.75) is 57.0 Å². The van der Waals surface area contributed by atoms with Gasteiger partial charge < -0.3 is 0 Å². The van der Waals surface area contributed by atoms with Gasteiger partial charge in [-0.25, -0.2) is 29.0 Å². The van der Waals surface area contributed by atoms with Crippen molar-refractivity contribution in [2.75, 3.05) is 6.54 Å². The first kappa shape index (κ1) is 26.7. The maximum atomic E-state index is 12.4. The zero-order valence-corrected chi connectivity index (χ0v) is 17.3. The highest BCUT2D eigenvalue weighted by atomic mass is 16.5. The molecule has 14 nitrogen and oxygen atoms in total. The Kier molecular flexibility index (Phi) is 12.5. The van der Waals surface area contributed by atoms with E-state index in [4.69, 9.17) is 0 Å². The lowest BCUT2D eigenvalue weighted by Gasteiger charge is -2.16. The summed E-state index contributed by atoms with van der Waals surface area (Å²) in [6, 6.07) is -2.12. The highest BCUT2D eigenvalue weighted by molar-refractivity contribution is 6.37. The van der Waals surface area contributed by atoms with E-state index in [1.54, 1.807) is 0 Å². The van der Waals surface area contributed by atoms with E-state index in [2.05, 4.69) is 34.9 Å². The number of ketones is 1. The zero-order valence-electron chi connectivity index (χ0n) is 17.3. The largest absolute Gasteiger partial charge is 0.367 e. The van der Waals surface area contributed by atoms with Gasteiger partial charge >= 0.3 is 11.5 Å². The van der Waals surface area contributed by atoms with Gasteiger partial charge in [-0.15, -0.1) is 10.1 Å². The predicted molar refractivity (Wildman–Crippen MR) is 106 cm³/mol. The van der Waals surface area contributed by atoms with Crippen molar-refractivity contribution in [2.24, 2.45) is 20.0 Å². The highest BCUT2D eigenvalue weighted by Crippen LogP contribution is 2.30. The second kappa shape index (κ2) is 15.5. The van der Waals surface area contributed by atoms with Gasteiger partial charge in [0.1, 0.15) is 11.7 Å². The molecule has 0 fully saturated rings. The van der Waals surface area contributed by atoms with Crippen LogP contribution in [-0.4, -0.2) is 52.9 Å². The molecule has 0 radical (unpaired) electrons. The normalized spacial score (nSPS) is 11.5. The fourth-order valence-electron chi connectivity index (χ4n) is 2.94. The number of carbonyl (C=O) groups excluding carboxylic acids is 6. The number of hydrogen-bond donors (Lipinski definition) is 0. The average Bonchev–Trinajstić information content (AvgIpc) is 2.80. The highest BCUT2D eigenvalue weighted by Gasteiger charge is 2.27. The number of nitrogens with zero attached hydrogens (tertiary/aromatic N) is 6. The van der Waals surface area contributed by atoms with Gasteiger partial charge in [-0.1, -0.05) is 12.8 Å². The van der Waals surface area contributed by atoms with Crippen LogP contribution in [0.1, 0.15) is 68.3 Å². The molecule has 1 aromatic heterocycles. The molecule has 1 heterocycles. The van der Waals surface area contributed by atoms with Gasteiger partial charge in [0.25, 0.3) is 0 Å². The molecule has 33 heavy (non-hydrogen) atoms. The van der Waals surface area contributed by atoms with E-state index in [1.807, 2.05) is 0 Å². The lowest BCUT2D eigenvalue weighted by atomic mass is 9.95. The van der Waals surface area contributed by atoms with Crippen LogP contribution in [0.25, 0.3) is 0 Å². The van der Waals surface area contributed by atoms with Gasteiger partial charge in [-0.2, -0.15) is 9.98 Å². The molecule has 0 aromatic carbocycles. The van der Waals surface area contributed by atoms with Gasteiger partial charge in [0.2, 0.25) is 30.1 Å². The molecule has 14 heteroatoms. The topological polar surface area (TPSA) is 208 Å². The fourth-order valence-corrected chi connectivity index (χ4v) is 2.94. The molecule has 2 atom stereocenters. The lowest BCUT2D eigenvalue weighted by Crippen LogP contribution is -2.20. The van der Waals surface area contributed by atoms with Gasteiger partial charge in [-0.3, -0.25) is 14.1 Å². The zero-order chi connectivity index (χ0) is 24.5. The quantitative estimate of drug-likeness (QED) is 0.155. The minimum absolute atomic E-state index is 0.00894. The van der Waals surface area contributed by atoms with E-state index >= 15 is 0 Å². The molecule has 172 valence electrons. The van der Waals surface area contributed by atoms with Crippen LogP contribution >= 0.6 is 0 Å². The first-order valence-electron chi connectivity index (χ1n) is 9.69. The molecular formula is C19H18N6O8.